The minimum Gasteiger partial charge on any atom is -0.379 e. The highest BCUT2D eigenvalue weighted by molar-refractivity contribution is 8.13. The van der Waals surface area contributed by atoms with Crippen LogP contribution in [0.5, 0.6) is 0 Å². The topological polar surface area (TPSA) is 73.0 Å². The molecule has 0 atom stereocenters. The van der Waals surface area contributed by atoms with Crippen LogP contribution >= 0.6 is 11.8 Å². The molecule has 3 N–H and O–H groups in total. The Hall–Kier alpha value is -0.520. The summed E-state index contributed by atoms with van der Waals surface area (Å²) in [6.07, 6.45) is 2.85. The Morgan fingerprint density at radius 3 is 2.44 bits per heavy atom. The molecule has 4 nitrogen and oxygen atoms in total. The number of nitrogens with one attached hydrogen (secondary N) is 1. The minimum absolute atomic E-state index is 0.134. The number of nitrogens with two attached hydrogens (primary N) is 1. The van der Waals surface area contributed by atoms with Gasteiger partial charge < -0.3 is 5.73 Å². The van der Waals surface area contributed by atoms with Crippen LogP contribution in [0.1, 0.15) is 34.1 Å². The summed E-state index contributed by atoms with van der Waals surface area (Å²) < 4.78 is 0. The predicted octanol–water partition coefficient (Wildman–Crippen LogP) is 2.15. The maximum absolute atomic E-state index is 12.0. The van der Waals surface area contributed by atoms with Gasteiger partial charge in [0.2, 0.25) is 0 Å². The lowest BCUT2D eigenvalue weighted by Crippen LogP contribution is -2.46. The fraction of sp³-hybridized carbons (Fsp3) is 0.727. The molecule has 16 heavy (non-hydrogen) atoms. The summed E-state index contributed by atoms with van der Waals surface area (Å²) in [7, 11) is 0. The maximum Gasteiger partial charge on any atom is 0.151 e. The second-order valence-corrected chi connectivity index (χ2v) is 6.28. The van der Waals surface area contributed by atoms with Crippen molar-refractivity contribution in [3.63, 3.8) is 0 Å². The fourth-order valence-corrected chi connectivity index (χ4v) is 2.70. The van der Waals surface area contributed by atoms with Gasteiger partial charge in [-0.2, -0.15) is 0 Å². The van der Waals surface area contributed by atoms with Crippen LogP contribution in [0.4, 0.5) is 0 Å². The highest BCUT2D eigenvalue weighted by Gasteiger charge is 2.45. The zero-order valence-electron chi connectivity index (χ0n) is 10.3. The number of amidine groups is 1. The van der Waals surface area contributed by atoms with Gasteiger partial charge in [0.1, 0.15) is 0 Å². The smallest absolute Gasteiger partial charge is 0.151 e. The highest BCUT2D eigenvalue weighted by atomic mass is 32.2. The minimum atomic E-state index is -0.444. The normalized spacial score (nSPS) is 23.2. The first-order valence-electron chi connectivity index (χ1n) is 5.34. The molecule has 0 saturated carbocycles. The first-order chi connectivity index (χ1) is 7.18. The standard InChI is InChI=1S/C11H20N3OS/c1-10(2)7-8(5-6-16-9(12)13)11(3,4)14(10)15/h7H,5-6H2,1-4H3,(H3,12,13). The van der Waals surface area contributed by atoms with Crippen molar-refractivity contribution in [1.29, 1.82) is 5.41 Å². The van der Waals surface area contributed by atoms with Crippen LogP contribution in [0.25, 0.3) is 0 Å². The van der Waals surface area contributed by atoms with Gasteiger partial charge in [0.05, 0.1) is 11.1 Å². The fourth-order valence-electron chi connectivity index (χ4n) is 2.16. The van der Waals surface area contributed by atoms with Crippen LogP contribution in [0.2, 0.25) is 0 Å². The van der Waals surface area contributed by atoms with Crippen molar-refractivity contribution in [3.8, 4) is 0 Å². The van der Waals surface area contributed by atoms with Gasteiger partial charge >= 0.3 is 0 Å². The molecule has 1 radical (unpaired) electrons. The molecule has 1 aliphatic rings. The van der Waals surface area contributed by atoms with Crippen molar-refractivity contribution >= 4 is 16.9 Å². The average Bonchev–Trinajstić information content (AvgIpc) is 2.27. The molecule has 0 unspecified atom stereocenters. The number of thioether (sulfide) groups is 1. The van der Waals surface area contributed by atoms with E-state index < -0.39 is 11.1 Å². The quantitative estimate of drug-likeness (QED) is 0.452. The molecule has 1 rings (SSSR count). The van der Waals surface area contributed by atoms with Crippen molar-refractivity contribution in [1.82, 2.24) is 5.06 Å². The number of hydrogen-bond acceptors (Lipinski definition) is 3. The first-order valence-corrected chi connectivity index (χ1v) is 6.33. The second-order valence-electron chi connectivity index (χ2n) is 5.14. The van der Waals surface area contributed by atoms with Gasteiger partial charge in [-0.1, -0.05) is 17.8 Å². The molecule has 1 heterocycles. The summed E-state index contributed by atoms with van der Waals surface area (Å²) in [5.41, 5.74) is 5.55. The number of rotatable bonds is 3. The first kappa shape index (κ1) is 13.5. The molecule has 1 aliphatic heterocycles. The molecule has 0 aromatic carbocycles. The van der Waals surface area contributed by atoms with Crippen LogP contribution in [0.3, 0.4) is 0 Å². The summed E-state index contributed by atoms with van der Waals surface area (Å²) >= 11 is 1.32. The summed E-state index contributed by atoms with van der Waals surface area (Å²) in [6.45, 7) is 7.73. The lowest BCUT2D eigenvalue weighted by atomic mass is 9.94. The largest absolute Gasteiger partial charge is 0.379 e. The monoisotopic (exact) mass is 242 g/mol. The number of hydroxylamine groups is 2. The zero-order chi connectivity index (χ0) is 12.6. The van der Waals surface area contributed by atoms with Gasteiger partial charge in [0.15, 0.2) is 5.17 Å². The van der Waals surface area contributed by atoms with Crippen LogP contribution in [-0.2, 0) is 5.21 Å². The molecule has 0 fully saturated rings. The Morgan fingerprint density at radius 1 is 1.50 bits per heavy atom. The van der Waals surface area contributed by atoms with E-state index in [-0.39, 0.29) is 5.17 Å². The molecule has 0 saturated heterocycles. The van der Waals surface area contributed by atoms with Crippen molar-refractivity contribution in [3.05, 3.63) is 11.6 Å². The zero-order valence-corrected chi connectivity index (χ0v) is 11.1. The van der Waals surface area contributed by atoms with E-state index in [2.05, 4.69) is 0 Å². The van der Waals surface area contributed by atoms with Crippen molar-refractivity contribution < 1.29 is 5.21 Å². The van der Waals surface area contributed by atoms with E-state index in [4.69, 9.17) is 11.1 Å². The summed E-state index contributed by atoms with van der Waals surface area (Å²) in [4.78, 5) is 0. The maximum atomic E-state index is 12.0. The van der Waals surface area contributed by atoms with E-state index >= 15 is 0 Å². The van der Waals surface area contributed by atoms with Crippen LogP contribution < -0.4 is 5.73 Å². The molecule has 0 aromatic heterocycles. The molecule has 91 valence electrons. The summed E-state index contributed by atoms with van der Waals surface area (Å²) in [5.74, 6) is 0.758. The van der Waals surface area contributed by atoms with Gasteiger partial charge in [0, 0.05) is 5.75 Å². The van der Waals surface area contributed by atoms with Gasteiger partial charge in [-0.25, -0.2) is 0 Å². The van der Waals surface area contributed by atoms with Crippen LogP contribution in [0, 0.1) is 5.41 Å². The van der Waals surface area contributed by atoms with E-state index in [9.17, 15) is 5.21 Å². The van der Waals surface area contributed by atoms with Crippen molar-refractivity contribution in [2.75, 3.05) is 5.75 Å². The average molecular weight is 242 g/mol. The Morgan fingerprint density at radius 2 is 2.06 bits per heavy atom. The lowest BCUT2D eigenvalue weighted by molar-refractivity contribution is -0.238. The third kappa shape index (κ3) is 2.59. The van der Waals surface area contributed by atoms with Gasteiger partial charge in [-0.05, 0) is 39.7 Å². The highest BCUT2D eigenvalue weighted by Crippen LogP contribution is 2.40. The van der Waals surface area contributed by atoms with E-state index in [1.54, 1.807) is 0 Å². The van der Waals surface area contributed by atoms with E-state index in [1.807, 2.05) is 33.8 Å². The molecule has 5 heteroatoms. The third-order valence-electron chi connectivity index (χ3n) is 2.97. The number of hydrogen-bond donors (Lipinski definition) is 2. The lowest BCUT2D eigenvalue weighted by Gasteiger charge is -2.34. The van der Waals surface area contributed by atoms with E-state index in [0.717, 1.165) is 22.8 Å². The predicted molar refractivity (Wildman–Crippen MR) is 67.8 cm³/mol. The van der Waals surface area contributed by atoms with E-state index in [1.165, 1.54) is 11.8 Å². The van der Waals surface area contributed by atoms with Gasteiger partial charge in [0.25, 0.3) is 0 Å². The number of nitrogens with zero attached hydrogens (tertiary/aromatic N) is 1. The van der Waals surface area contributed by atoms with Crippen molar-refractivity contribution in [2.45, 2.75) is 45.2 Å². The van der Waals surface area contributed by atoms with Gasteiger partial charge in [-0.15, -0.1) is 10.3 Å². The Bertz CT molecular complexity index is 323. The molecule has 0 bridgehead atoms. The van der Waals surface area contributed by atoms with Crippen molar-refractivity contribution in [2.24, 2.45) is 5.73 Å². The molecule has 0 amide bonds. The van der Waals surface area contributed by atoms with Crippen LogP contribution in [0.15, 0.2) is 11.6 Å². The molecule has 0 spiro atoms. The summed E-state index contributed by atoms with van der Waals surface area (Å²) in [6, 6.07) is 0. The Kier molecular flexibility index (Phi) is 3.72. The molecular weight excluding hydrogens is 222 g/mol. The van der Waals surface area contributed by atoms with E-state index in [0.29, 0.717) is 0 Å². The molecule has 0 aliphatic carbocycles. The van der Waals surface area contributed by atoms with Gasteiger partial charge in [-0.3, -0.25) is 5.41 Å². The summed E-state index contributed by atoms with van der Waals surface area (Å²) in [5, 5.41) is 20.5. The molecule has 0 aromatic rings. The third-order valence-corrected chi connectivity index (χ3v) is 3.69. The molecular formula is C11H20N3OS. The SMILES string of the molecule is CC1(C)C=C(CCSC(=N)N)C(C)(C)N1[O]. The Labute approximate surface area is 101 Å². The van der Waals surface area contributed by atoms with Crippen LogP contribution in [-0.4, -0.2) is 27.1 Å². The Balaban J connectivity index is 2.69. The second kappa shape index (κ2) is 4.39.